The van der Waals surface area contributed by atoms with Crippen LogP contribution >= 0.6 is 11.8 Å². The molecule has 124 valence electrons. The number of amides is 1. The van der Waals surface area contributed by atoms with Gasteiger partial charge in [-0.3, -0.25) is 4.79 Å². The Hall–Kier alpha value is -2.41. The molecule has 2 aromatic rings. The van der Waals surface area contributed by atoms with Gasteiger partial charge < -0.3 is 10.0 Å². The highest BCUT2D eigenvalue weighted by Gasteiger charge is 2.42. The van der Waals surface area contributed by atoms with Gasteiger partial charge in [-0.2, -0.15) is 0 Å². The van der Waals surface area contributed by atoms with Gasteiger partial charge >= 0.3 is 5.97 Å². The standard InChI is InChI=1S/C17H13F2NO3S/c18-12-6-4-10(5-7-12)16-20(14(9-24-16)17(22)23)15(21)11-2-1-3-13(19)8-11/h1-8,14,16H,9H2,(H,22,23). The molecule has 1 aliphatic heterocycles. The first kappa shape index (κ1) is 16.4. The Labute approximate surface area is 141 Å². The number of carboxylic acid groups (broad SMARTS) is 1. The molecule has 2 aromatic carbocycles. The summed E-state index contributed by atoms with van der Waals surface area (Å²) in [4.78, 5) is 25.5. The number of rotatable bonds is 3. The highest BCUT2D eigenvalue weighted by molar-refractivity contribution is 7.99. The monoisotopic (exact) mass is 349 g/mol. The maximum atomic E-state index is 13.4. The molecule has 7 heteroatoms. The molecule has 3 rings (SSSR count). The molecule has 24 heavy (non-hydrogen) atoms. The van der Waals surface area contributed by atoms with Gasteiger partial charge in [-0.05, 0) is 35.9 Å². The number of aliphatic carboxylic acids is 1. The molecular formula is C17H13F2NO3S. The number of benzene rings is 2. The molecule has 1 aliphatic rings. The molecule has 1 fully saturated rings. The van der Waals surface area contributed by atoms with Gasteiger partial charge in [0.1, 0.15) is 23.1 Å². The first-order valence-electron chi connectivity index (χ1n) is 7.15. The third-order valence-corrected chi connectivity index (χ3v) is 5.07. The van der Waals surface area contributed by atoms with Gasteiger partial charge in [-0.1, -0.05) is 18.2 Å². The van der Waals surface area contributed by atoms with E-state index in [0.29, 0.717) is 5.56 Å². The van der Waals surface area contributed by atoms with Crippen LogP contribution in [0.1, 0.15) is 21.3 Å². The molecule has 0 spiro atoms. The Morgan fingerprint density at radius 3 is 2.42 bits per heavy atom. The Morgan fingerprint density at radius 2 is 1.79 bits per heavy atom. The third kappa shape index (κ3) is 3.12. The fourth-order valence-electron chi connectivity index (χ4n) is 2.60. The van der Waals surface area contributed by atoms with E-state index in [-0.39, 0.29) is 11.3 Å². The maximum Gasteiger partial charge on any atom is 0.327 e. The molecule has 2 atom stereocenters. The van der Waals surface area contributed by atoms with Gasteiger partial charge in [0, 0.05) is 11.3 Å². The summed E-state index contributed by atoms with van der Waals surface area (Å²) in [6.07, 6.45) is 0. The maximum absolute atomic E-state index is 13.4. The second kappa shape index (κ2) is 6.60. The second-order valence-electron chi connectivity index (χ2n) is 5.31. The lowest BCUT2D eigenvalue weighted by Gasteiger charge is -2.27. The van der Waals surface area contributed by atoms with Crippen molar-refractivity contribution in [2.24, 2.45) is 0 Å². The number of thioether (sulfide) groups is 1. The van der Waals surface area contributed by atoms with Crippen LogP contribution in [0.5, 0.6) is 0 Å². The second-order valence-corrected chi connectivity index (χ2v) is 6.43. The van der Waals surface area contributed by atoms with Crippen LogP contribution in [0.3, 0.4) is 0 Å². The van der Waals surface area contributed by atoms with E-state index >= 15 is 0 Å². The van der Waals surface area contributed by atoms with E-state index in [0.717, 1.165) is 6.07 Å². The minimum Gasteiger partial charge on any atom is -0.480 e. The van der Waals surface area contributed by atoms with Crippen molar-refractivity contribution in [2.45, 2.75) is 11.4 Å². The molecule has 4 nitrogen and oxygen atoms in total. The van der Waals surface area contributed by atoms with Crippen LogP contribution in [-0.4, -0.2) is 33.7 Å². The number of carbonyl (C=O) groups excluding carboxylic acids is 1. The number of nitrogens with zero attached hydrogens (tertiary/aromatic N) is 1. The van der Waals surface area contributed by atoms with Gasteiger partial charge in [-0.15, -0.1) is 11.8 Å². The third-order valence-electron chi connectivity index (χ3n) is 3.75. The summed E-state index contributed by atoms with van der Waals surface area (Å²) < 4.78 is 26.5. The summed E-state index contributed by atoms with van der Waals surface area (Å²) in [6, 6.07) is 9.65. The van der Waals surface area contributed by atoms with Crippen LogP contribution < -0.4 is 0 Å². The smallest absolute Gasteiger partial charge is 0.327 e. The molecule has 1 amide bonds. The molecule has 0 saturated carbocycles. The van der Waals surface area contributed by atoms with Crippen LogP contribution in [-0.2, 0) is 4.79 Å². The zero-order valence-electron chi connectivity index (χ0n) is 12.4. The van der Waals surface area contributed by atoms with Crippen molar-refractivity contribution >= 4 is 23.6 Å². The van der Waals surface area contributed by atoms with Crippen LogP contribution in [0.25, 0.3) is 0 Å². The van der Waals surface area contributed by atoms with E-state index in [9.17, 15) is 23.5 Å². The van der Waals surface area contributed by atoms with Crippen molar-refractivity contribution in [2.75, 3.05) is 5.75 Å². The molecule has 1 saturated heterocycles. The van der Waals surface area contributed by atoms with Crippen LogP contribution in [0.4, 0.5) is 8.78 Å². The molecule has 0 aliphatic carbocycles. The summed E-state index contributed by atoms with van der Waals surface area (Å²) in [6.45, 7) is 0. The fourth-order valence-corrected chi connectivity index (χ4v) is 4.02. The van der Waals surface area contributed by atoms with Crippen molar-refractivity contribution in [3.05, 3.63) is 71.3 Å². The largest absolute Gasteiger partial charge is 0.480 e. The zero-order valence-corrected chi connectivity index (χ0v) is 13.2. The lowest BCUT2D eigenvalue weighted by Crippen LogP contribution is -2.43. The van der Waals surface area contributed by atoms with E-state index in [1.165, 1.54) is 59.1 Å². The first-order chi connectivity index (χ1) is 11.5. The van der Waals surface area contributed by atoms with Crippen molar-refractivity contribution in [1.82, 2.24) is 4.90 Å². The fraction of sp³-hybridized carbons (Fsp3) is 0.176. The average molecular weight is 349 g/mol. The molecule has 1 heterocycles. The highest BCUT2D eigenvalue weighted by Crippen LogP contribution is 2.42. The van der Waals surface area contributed by atoms with Crippen molar-refractivity contribution in [3.8, 4) is 0 Å². The topological polar surface area (TPSA) is 57.6 Å². The molecule has 0 bridgehead atoms. The summed E-state index contributed by atoms with van der Waals surface area (Å²) >= 11 is 1.28. The van der Waals surface area contributed by atoms with E-state index in [1.807, 2.05) is 0 Å². The Kier molecular flexibility index (Phi) is 4.53. The van der Waals surface area contributed by atoms with Gasteiger partial charge in [0.15, 0.2) is 0 Å². The highest BCUT2D eigenvalue weighted by atomic mass is 32.2. The number of hydrogen-bond donors (Lipinski definition) is 1. The zero-order chi connectivity index (χ0) is 17.3. The number of halogens is 2. The van der Waals surface area contributed by atoms with Crippen molar-refractivity contribution < 1.29 is 23.5 Å². The average Bonchev–Trinajstić information content (AvgIpc) is 3.00. The minimum atomic E-state index is -1.13. The van der Waals surface area contributed by atoms with Crippen LogP contribution in [0, 0.1) is 11.6 Å². The molecular weight excluding hydrogens is 336 g/mol. The molecule has 0 radical (unpaired) electrons. The Morgan fingerprint density at radius 1 is 1.08 bits per heavy atom. The summed E-state index contributed by atoms with van der Waals surface area (Å²) in [5.74, 6) is -2.48. The number of hydrogen-bond acceptors (Lipinski definition) is 3. The lowest BCUT2D eigenvalue weighted by atomic mass is 10.1. The quantitative estimate of drug-likeness (QED) is 0.924. The van der Waals surface area contributed by atoms with Crippen molar-refractivity contribution in [1.29, 1.82) is 0 Å². The predicted octanol–water partition coefficient (Wildman–Crippen LogP) is 3.31. The Balaban J connectivity index is 1.99. The van der Waals surface area contributed by atoms with E-state index < -0.39 is 34.9 Å². The van der Waals surface area contributed by atoms with Crippen molar-refractivity contribution in [3.63, 3.8) is 0 Å². The Bertz CT molecular complexity index is 782. The minimum absolute atomic E-state index is 0.0795. The lowest BCUT2D eigenvalue weighted by molar-refractivity contribution is -0.141. The SMILES string of the molecule is O=C(O)C1CSC(c2ccc(F)cc2)N1C(=O)c1cccc(F)c1. The summed E-state index contributed by atoms with van der Waals surface area (Å²) in [5, 5.41) is 8.83. The molecule has 2 unspecified atom stereocenters. The van der Waals surface area contributed by atoms with Gasteiger partial charge in [0.05, 0.1) is 0 Å². The number of carbonyl (C=O) groups is 2. The van der Waals surface area contributed by atoms with Gasteiger partial charge in [0.25, 0.3) is 5.91 Å². The normalized spacial score (nSPS) is 20.2. The molecule has 1 N–H and O–H groups in total. The first-order valence-corrected chi connectivity index (χ1v) is 8.20. The summed E-state index contributed by atoms with van der Waals surface area (Å²) in [7, 11) is 0. The number of carboxylic acids is 1. The summed E-state index contributed by atoms with van der Waals surface area (Å²) in [5.41, 5.74) is 0.700. The molecule has 0 aromatic heterocycles. The van der Waals surface area contributed by atoms with E-state index in [4.69, 9.17) is 0 Å². The van der Waals surface area contributed by atoms with E-state index in [1.54, 1.807) is 0 Å². The van der Waals surface area contributed by atoms with Crippen LogP contribution in [0.15, 0.2) is 48.5 Å². The van der Waals surface area contributed by atoms with E-state index in [2.05, 4.69) is 0 Å². The predicted molar refractivity (Wildman–Crippen MR) is 85.6 cm³/mol. The van der Waals surface area contributed by atoms with Gasteiger partial charge in [0.2, 0.25) is 0 Å². The van der Waals surface area contributed by atoms with Crippen LogP contribution in [0.2, 0.25) is 0 Å². The van der Waals surface area contributed by atoms with Gasteiger partial charge in [-0.25, -0.2) is 13.6 Å².